The second-order valence-corrected chi connectivity index (χ2v) is 4.35. The van der Waals surface area contributed by atoms with Gasteiger partial charge in [0, 0.05) is 10.1 Å². The normalized spacial score (nSPS) is 10.5. The molecule has 1 aromatic heterocycles. The van der Waals surface area contributed by atoms with E-state index in [2.05, 4.69) is 4.74 Å². The number of carbonyl (C=O) groups excluding carboxylic acids is 1. The Morgan fingerprint density at radius 3 is 2.93 bits per heavy atom. The Labute approximate surface area is 94.9 Å². The van der Waals surface area contributed by atoms with Crippen molar-refractivity contribution in [3.05, 3.63) is 28.1 Å². The number of ether oxygens (including phenoxy) is 1. The smallest absolute Gasteiger partial charge is 0.349 e. The molecule has 0 unspecified atom stereocenters. The Kier molecular flexibility index (Phi) is 2.54. The molecule has 2 aromatic rings. The molecule has 5 heteroatoms. The third-order valence-corrected chi connectivity index (χ3v) is 3.62. The van der Waals surface area contributed by atoms with Crippen LogP contribution in [0.5, 0.6) is 5.75 Å². The second-order valence-electron chi connectivity index (χ2n) is 2.92. The highest BCUT2D eigenvalue weighted by Gasteiger charge is 2.17. The molecule has 0 saturated heterocycles. The lowest BCUT2D eigenvalue weighted by Gasteiger charge is -1.94. The number of phenolic OH excluding ortho intramolecular Hbond substituents is 1. The summed E-state index contributed by atoms with van der Waals surface area (Å²) in [6.45, 7) is 0. The van der Waals surface area contributed by atoms with Gasteiger partial charge in [-0.2, -0.15) is 0 Å². The zero-order valence-electron chi connectivity index (χ0n) is 7.78. The zero-order chi connectivity index (χ0) is 11.0. The number of fused-ring (bicyclic) bond motifs is 1. The molecule has 0 fully saturated rings. The van der Waals surface area contributed by atoms with Crippen molar-refractivity contribution in [3.63, 3.8) is 0 Å². The molecule has 0 saturated carbocycles. The van der Waals surface area contributed by atoms with Crippen molar-refractivity contribution in [2.45, 2.75) is 0 Å². The van der Waals surface area contributed by atoms with Crippen LogP contribution < -0.4 is 0 Å². The largest absolute Gasteiger partial charge is 0.508 e. The van der Waals surface area contributed by atoms with Gasteiger partial charge in [-0.1, -0.05) is 11.6 Å². The maximum Gasteiger partial charge on any atom is 0.349 e. The third-order valence-electron chi connectivity index (χ3n) is 1.98. The lowest BCUT2D eigenvalue weighted by molar-refractivity contribution is 0.0606. The summed E-state index contributed by atoms with van der Waals surface area (Å²) in [6.07, 6.45) is 0. The van der Waals surface area contributed by atoms with Gasteiger partial charge < -0.3 is 9.84 Å². The molecular formula is C10H7ClO3S. The molecule has 15 heavy (non-hydrogen) atoms. The second kappa shape index (κ2) is 3.72. The maximum absolute atomic E-state index is 11.3. The van der Waals surface area contributed by atoms with Crippen LogP contribution in [0.3, 0.4) is 0 Å². The molecule has 0 aliphatic rings. The molecule has 0 atom stereocenters. The number of thiophene rings is 1. The first-order valence-corrected chi connectivity index (χ1v) is 5.32. The van der Waals surface area contributed by atoms with E-state index in [-0.39, 0.29) is 5.75 Å². The number of rotatable bonds is 1. The Bertz CT molecular complexity index is 533. The molecule has 0 amide bonds. The SMILES string of the molecule is COC(=O)c1sc2cc(O)ccc2c1Cl. The molecule has 0 aliphatic carbocycles. The molecule has 0 bridgehead atoms. The standard InChI is InChI=1S/C10H7ClO3S/c1-14-10(13)9-8(11)6-3-2-5(12)4-7(6)15-9/h2-4,12H,1H3. The summed E-state index contributed by atoms with van der Waals surface area (Å²) in [4.78, 5) is 11.7. The molecule has 1 aromatic carbocycles. The van der Waals surface area contributed by atoms with E-state index >= 15 is 0 Å². The molecule has 2 rings (SSSR count). The third kappa shape index (κ3) is 1.66. The van der Waals surface area contributed by atoms with Crippen LogP contribution in [0.4, 0.5) is 0 Å². The van der Waals surface area contributed by atoms with E-state index in [1.54, 1.807) is 12.1 Å². The summed E-state index contributed by atoms with van der Waals surface area (Å²) in [5.41, 5.74) is 0. The number of methoxy groups -OCH3 is 1. The van der Waals surface area contributed by atoms with Gasteiger partial charge >= 0.3 is 5.97 Å². The average Bonchev–Trinajstić information content (AvgIpc) is 2.54. The summed E-state index contributed by atoms with van der Waals surface area (Å²) >= 11 is 7.22. The quantitative estimate of drug-likeness (QED) is 0.782. The number of aromatic hydroxyl groups is 1. The summed E-state index contributed by atoms with van der Waals surface area (Å²) < 4.78 is 5.37. The molecule has 0 aliphatic heterocycles. The first-order valence-electron chi connectivity index (χ1n) is 4.13. The molecule has 3 nitrogen and oxygen atoms in total. The Balaban J connectivity index is 2.69. The molecule has 1 heterocycles. The summed E-state index contributed by atoms with van der Waals surface area (Å²) in [7, 11) is 1.31. The minimum absolute atomic E-state index is 0.150. The highest BCUT2D eigenvalue weighted by atomic mass is 35.5. The van der Waals surface area contributed by atoms with Gasteiger partial charge in [-0.05, 0) is 18.2 Å². The van der Waals surface area contributed by atoms with Gasteiger partial charge in [0.15, 0.2) is 0 Å². The number of phenols is 1. The average molecular weight is 243 g/mol. The number of hydrogen-bond donors (Lipinski definition) is 1. The summed E-state index contributed by atoms with van der Waals surface area (Å²) in [5.74, 6) is -0.308. The van der Waals surface area contributed by atoms with Crippen molar-refractivity contribution in [2.75, 3.05) is 7.11 Å². The van der Waals surface area contributed by atoms with Crippen LogP contribution >= 0.6 is 22.9 Å². The van der Waals surface area contributed by atoms with Crippen molar-refractivity contribution in [2.24, 2.45) is 0 Å². The van der Waals surface area contributed by atoms with E-state index in [1.165, 1.54) is 24.5 Å². The zero-order valence-corrected chi connectivity index (χ0v) is 9.35. The van der Waals surface area contributed by atoms with Gasteiger partial charge in [0.25, 0.3) is 0 Å². The number of hydrogen-bond acceptors (Lipinski definition) is 4. The minimum Gasteiger partial charge on any atom is -0.508 e. The highest BCUT2D eigenvalue weighted by Crippen LogP contribution is 2.37. The fourth-order valence-electron chi connectivity index (χ4n) is 1.28. The van der Waals surface area contributed by atoms with Gasteiger partial charge in [-0.3, -0.25) is 0 Å². The Morgan fingerprint density at radius 1 is 1.53 bits per heavy atom. The fraction of sp³-hybridized carbons (Fsp3) is 0.100. The van der Waals surface area contributed by atoms with Crippen molar-refractivity contribution < 1.29 is 14.6 Å². The summed E-state index contributed by atoms with van der Waals surface area (Å²) in [6, 6.07) is 4.77. The van der Waals surface area contributed by atoms with Crippen LogP contribution in [0.25, 0.3) is 10.1 Å². The lowest BCUT2D eigenvalue weighted by atomic mass is 10.2. The van der Waals surface area contributed by atoms with Crippen molar-refractivity contribution in [1.29, 1.82) is 0 Å². The van der Waals surface area contributed by atoms with Crippen LogP contribution in [0.15, 0.2) is 18.2 Å². The molecule has 0 radical (unpaired) electrons. The van der Waals surface area contributed by atoms with Gasteiger partial charge in [-0.15, -0.1) is 11.3 Å². The minimum atomic E-state index is -0.458. The van der Waals surface area contributed by atoms with E-state index in [1.807, 2.05) is 0 Å². The van der Waals surface area contributed by atoms with Crippen LogP contribution in [0.2, 0.25) is 5.02 Å². The monoisotopic (exact) mass is 242 g/mol. The molecule has 1 N–H and O–H groups in total. The molecule has 78 valence electrons. The summed E-state index contributed by atoms with van der Waals surface area (Å²) in [5, 5.41) is 10.4. The van der Waals surface area contributed by atoms with Gasteiger partial charge in [0.05, 0.1) is 12.1 Å². The van der Waals surface area contributed by atoms with E-state index in [0.29, 0.717) is 9.90 Å². The number of carbonyl (C=O) groups is 1. The number of benzene rings is 1. The van der Waals surface area contributed by atoms with Crippen molar-refractivity contribution in [1.82, 2.24) is 0 Å². The van der Waals surface area contributed by atoms with Gasteiger partial charge in [0.1, 0.15) is 10.6 Å². The maximum atomic E-state index is 11.3. The van der Waals surface area contributed by atoms with Crippen LogP contribution in [0.1, 0.15) is 9.67 Å². The van der Waals surface area contributed by atoms with Gasteiger partial charge in [0.2, 0.25) is 0 Å². The molecular weight excluding hydrogens is 236 g/mol. The first kappa shape index (κ1) is 10.3. The first-order chi connectivity index (χ1) is 7.13. The Morgan fingerprint density at radius 2 is 2.27 bits per heavy atom. The predicted octanol–water partition coefficient (Wildman–Crippen LogP) is 3.05. The van der Waals surface area contributed by atoms with E-state index in [9.17, 15) is 9.90 Å². The predicted molar refractivity (Wildman–Crippen MR) is 59.8 cm³/mol. The number of esters is 1. The lowest BCUT2D eigenvalue weighted by Crippen LogP contribution is -1.97. The fourth-order valence-corrected chi connectivity index (χ4v) is 2.74. The van der Waals surface area contributed by atoms with E-state index < -0.39 is 5.97 Å². The van der Waals surface area contributed by atoms with E-state index in [4.69, 9.17) is 11.6 Å². The van der Waals surface area contributed by atoms with Crippen LogP contribution in [0, 0.1) is 0 Å². The Hall–Kier alpha value is -1.26. The van der Waals surface area contributed by atoms with Crippen LogP contribution in [-0.4, -0.2) is 18.2 Å². The van der Waals surface area contributed by atoms with E-state index in [0.717, 1.165) is 10.1 Å². The highest BCUT2D eigenvalue weighted by molar-refractivity contribution is 7.21. The van der Waals surface area contributed by atoms with Gasteiger partial charge in [-0.25, -0.2) is 4.79 Å². The molecule has 0 spiro atoms. The topological polar surface area (TPSA) is 46.5 Å². The van der Waals surface area contributed by atoms with Crippen molar-refractivity contribution in [3.8, 4) is 5.75 Å². The number of halogens is 1. The van der Waals surface area contributed by atoms with Crippen LogP contribution in [-0.2, 0) is 4.74 Å². The van der Waals surface area contributed by atoms with Crippen molar-refractivity contribution >= 4 is 39.0 Å².